The van der Waals surface area contributed by atoms with Crippen LogP contribution in [0.3, 0.4) is 0 Å². The average molecular weight is 273 g/mol. The van der Waals surface area contributed by atoms with Gasteiger partial charge in [0.05, 0.1) is 0 Å². The Morgan fingerprint density at radius 2 is 2.26 bits per heavy atom. The second-order valence-corrected chi connectivity index (χ2v) is 4.89. The Bertz CT molecular complexity index is 704. The topological polar surface area (TPSA) is 72.2 Å². The molecule has 0 fully saturated rings. The van der Waals surface area contributed by atoms with Gasteiger partial charge in [-0.05, 0) is 18.1 Å². The molecule has 2 heterocycles. The van der Waals surface area contributed by atoms with E-state index in [0.717, 1.165) is 17.7 Å². The first-order valence-electron chi connectivity index (χ1n) is 5.84. The lowest BCUT2D eigenvalue weighted by Gasteiger charge is -2.07. The summed E-state index contributed by atoms with van der Waals surface area (Å²) in [5.74, 6) is -0.226. The Labute approximate surface area is 113 Å². The highest BCUT2D eigenvalue weighted by molar-refractivity contribution is 7.18. The van der Waals surface area contributed by atoms with Crippen LogP contribution in [0.1, 0.15) is 22.3 Å². The van der Waals surface area contributed by atoms with Gasteiger partial charge >= 0.3 is 0 Å². The lowest BCUT2D eigenvalue weighted by Crippen LogP contribution is -2.13. The van der Waals surface area contributed by atoms with Crippen LogP contribution in [0.15, 0.2) is 30.6 Å². The van der Waals surface area contributed by atoms with E-state index in [2.05, 4.69) is 20.6 Å². The minimum Gasteiger partial charge on any atom is -0.320 e. The van der Waals surface area contributed by atoms with Gasteiger partial charge in [0.1, 0.15) is 6.33 Å². The van der Waals surface area contributed by atoms with E-state index in [1.807, 2.05) is 31.2 Å². The van der Waals surface area contributed by atoms with E-state index in [4.69, 9.17) is 0 Å². The second-order valence-electron chi connectivity index (χ2n) is 3.93. The molecule has 96 valence electrons. The van der Waals surface area contributed by atoms with Crippen LogP contribution in [0.5, 0.6) is 0 Å². The molecule has 6 nitrogen and oxygen atoms in total. The number of carbonyl (C=O) groups excluding carboxylic acids is 1. The first-order chi connectivity index (χ1) is 9.28. The van der Waals surface area contributed by atoms with Gasteiger partial charge in [0.2, 0.25) is 9.97 Å². The molecule has 2 aromatic heterocycles. The van der Waals surface area contributed by atoms with E-state index in [9.17, 15) is 4.79 Å². The molecule has 0 aliphatic heterocycles. The predicted octanol–water partition coefficient (Wildman–Crippen LogP) is 2.00. The van der Waals surface area contributed by atoms with Crippen molar-refractivity contribution in [2.45, 2.75) is 13.3 Å². The zero-order valence-corrected chi connectivity index (χ0v) is 11.0. The maximum absolute atomic E-state index is 12.1. The van der Waals surface area contributed by atoms with Gasteiger partial charge in [0.15, 0.2) is 0 Å². The van der Waals surface area contributed by atoms with Crippen LogP contribution in [0.4, 0.5) is 5.69 Å². The fourth-order valence-electron chi connectivity index (χ4n) is 1.78. The zero-order valence-electron chi connectivity index (χ0n) is 10.2. The summed E-state index contributed by atoms with van der Waals surface area (Å²) < 4.78 is 1.49. The van der Waals surface area contributed by atoms with E-state index in [1.54, 1.807) is 0 Å². The molecule has 0 aliphatic carbocycles. The maximum Gasteiger partial charge on any atom is 0.286 e. The summed E-state index contributed by atoms with van der Waals surface area (Å²) in [6.45, 7) is 2.05. The normalized spacial score (nSPS) is 10.8. The van der Waals surface area contributed by atoms with E-state index in [1.165, 1.54) is 22.2 Å². The molecule has 0 atom stereocenters. The highest BCUT2D eigenvalue weighted by Crippen LogP contribution is 2.18. The molecular formula is C12H11N5OS. The molecule has 7 heteroatoms. The lowest BCUT2D eigenvalue weighted by molar-refractivity contribution is 0.102. The number of anilines is 1. The molecule has 0 spiro atoms. The Hall–Kier alpha value is -2.28. The van der Waals surface area contributed by atoms with E-state index in [0.29, 0.717) is 9.97 Å². The Morgan fingerprint density at radius 3 is 3.05 bits per heavy atom. The van der Waals surface area contributed by atoms with Gasteiger partial charge in [-0.25, -0.2) is 0 Å². The standard InChI is InChI=1S/C12H11N5OS/c1-2-8-5-3-4-6-9(8)14-10(18)11-16-17-7-13-15-12(17)19-11/h3-7H,2H2,1H3,(H,14,18). The monoisotopic (exact) mass is 273 g/mol. The average Bonchev–Trinajstić information content (AvgIpc) is 3.00. The SMILES string of the molecule is CCc1ccccc1NC(=O)c1nn2cnnc2s1. The van der Waals surface area contributed by atoms with Gasteiger partial charge in [-0.1, -0.05) is 36.5 Å². The van der Waals surface area contributed by atoms with Crippen molar-refractivity contribution in [3.63, 3.8) is 0 Å². The van der Waals surface area contributed by atoms with Crippen molar-refractivity contribution in [1.82, 2.24) is 19.8 Å². The smallest absolute Gasteiger partial charge is 0.286 e. The van der Waals surface area contributed by atoms with Crippen molar-refractivity contribution in [3.05, 3.63) is 41.2 Å². The number of hydrogen-bond donors (Lipinski definition) is 1. The van der Waals surface area contributed by atoms with Gasteiger partial charge in [-0.2, -0.15) is 4.52 Å². The van der Waals surface area contributed by atoms with Crippen molar-refractivity contribution in [2.75, 3.05) is 5.32 Å². The van der Waals surface area contributed by atoms with Crippen LogP contribution in [0, 0.1) is 0 Å². The van der Waals surface area contributed by atoms with Gasteiger partial charge in [0.25, 0.3) is 5.91 Å². The molecule has 0 aliphatic rings. The van der Waals surface area contributed by atoms with Crippen molar-refractivity contribution in [3.8, 4) is 0 Å². The van der Waals surface area contributed by atoms with Crippen LogP contribution < -0.4 is 5.32 Å². The third kappa shape index (κ3) is 2.19. The summed E-state index contributed by atoms with van der Waals surface area (Å²) >= 11 is 1.21. The number of amides is 1. The lowest BCUT2D eigenvalue weighted by atomic mass is 10.1. The highest BCUT2D eigenvalue weighted by Gasteiger charge is 2.14. The molecule has 0 bridgehead atoms. The third-order valence-electron chi connectivity index (χ3n) is 2.73. The maximum atomic E-state index is 12.1. The molecular weight excluding hydrogens is 262 g/mol. The summed E-state index contributed by atoms with van der Waals surface area (Å²) in [4.78, 5) is 12.7. The zero-order chi connectivity index (χ0) is 13.2. The number of hydrogen-bond acceptors (Lipinski definition) is 5. The van der Waals surface area contributed by atoms with Crippen molar-refractivity contribution in [2.24, 2.45) is 0 Å². The van der Waals surface area contributed by atoms with E-state index < -0.39 is 0 Å². The fourth-order valence-corrected chi connectivity index (χ4v) is 2.49. The third-order valence-corrected chi connectivity index (χ3v) is 3.64. The summed E-state index contributed by atoms with van der Waals surface area (Å²) in [5.41, 5.74) is 1.92. The number of benzene rings is 1. The van der Waals surface area contributed by atoms with Crippen LogP contribution >= 0.6 is 11.3 Å². The van der Waals surface area contributed by atoms with E-state index >= 15 is 0 Å². The number of carbonyl (C=O) groups is 1. The molecule has 1 N–H and O–H groups in total. The van der Waals surface area contributed by atoms with Crippen LogP contribution in [0.2, 0.25) is 0 Å². The van der Waals surface area contributed by atoms with E-state index in [-0.39, 0.29) is 5.91 Å². The number of aromatic nitrogens is 4. The number of aryl methyl sites for hydroxylation is 1. The number of nitrogens with one attached hydrogen (secondary N) is 1. The Balaban J connectivity index is 1.86. The predicted molar refractivity (Wildman–Crippen MR) is 72.4 cm³/mol. The molecule has 0 saturated heterocycles. The number of fused-ring (bicyclic) bond motifs is 1. The van der Waals surface area contributed by atoms with Crippen LogP contribution in [0.25, 0.3) is 4.96 Å². The first kappa shape index (κ1) is 11.8. The number of nitrogens with zero attached hydrogens (tertiary/aromatic N) is 4. The molecule has 0 radical (unpaired) electrons. The summed E-state index contributed by atoms with van der Waals surface area (Å²) in [6.07, 6.45) is 2.34. The minimum atomic E-state index is -0.226. The largest absolute Gasteiger partial charge is 0.320 e. The van der Waals surface area contributed by atoms with Crippen molar-refractivity contribution < 1.29 is 4.79 Å². The molecule has 0 unspecified atom stereocenters. The molecule has 1 aromatic carbocycles. The number of para-hydroxylation sites is 1. The van der Waals surface area contributed by atoms with Gasteiger partial charge < -0.3 is 5.32 Å². The van der Waals surface area contributed by atoms with Gasteiger partial charge in [-0.15, -0.1) is 15.3 Å². The summed E-state index contributed by atoms with van der Waals surface area (Å²) in [5, 5.41) is 14.9. The highest BCUT2D eigenvalue weighted by atomic mass is 32.1. The quantitative estimate of drug-likeness (QED) is 0.792. The van der Waals surface area contributed by atoms with Gasteiger partial charge in [0, 0.05) is 5.69 Å². The second kappa shape index (κ2) is 4.77. The first-order valence-corrected chi connectivity index (χ1v) is 6.65. The van der Waals surface area contributed by atoms with Crippen LogP contribution in [-0.2, 0) is 6.42 Å². The van der Waals surface area contributed by atoms with Crippen molar-refractivity contribution in [1.29, 1.82) is 0 Å². The Morgan fingerprint density at radius 1 is 1.42 bits per heavy atom. The molecule has 1 amide bonds. The minimum absolute atomic E-state index is 0.226. The molecule has 19 heavy (non-hydrogen) atoms. The number of rotatable bonds is 3. The fraction of sp³-hybridized carbons (Fsp3) is 0.167. The summed E-state index contributed by atoms with van der Waals surface area (Å²) in [7, 11) is 0. The summed E-state index contributed by atoms with van der Waals surface area (Å²) in [6, 6.07) is 7.73. The van der Waals surface area contributed by atoms with Crippen molar-refractivity contribution >= 4 is 27.9 Å². The molecule has 3 rings (SSSR count). The van der Waals surface area contributed by atoms with Gasteiger partial charge in [-0.3, -0.25) is 4.79 Å². The molecule has 0 saturated carbocycles. The van der Waals surface area contributed by atoms with Crippen LogP contribution in [-0.4, -0.2) is 25.7 Å². The Kier molecular flexibility index (Phi) is 2.96. The molecule has 3 aromatic rings.